The van der Waals surface area contributed by atoms with Crippen molar-refractivity contribution in [3.8, 4) is 5.75 Å². The van der Waals surface area contributed by atoms with Crippen molar-refractivity contribution in [2.75, 3.05) is 18.6 Å². The number of para-hydroxylation sites is 1. The third kappa shape index (κ3) is 3.31. The van der Waals surface area contributed by atoms with Gasteiger partial charge in [0.1, 0.15) is 5.75 Å². The highest BCUT2D eigenvalue weighted by atomic mass is 35.5. The number of hydrogen-bond acceptors (Lipinski definition) is 4. The van der Waals surface area contributed by atoms with Gasteiger partial charge in [-0.2, -0.15) is 4.99 Å². The molecule has 1 aromatic heterocycles. The van der Waals surface area contributed by atoms with Crippen LogP contribution in [0.5, 0.6) is 5.75 Å². The summed E-state index contributed by atoms with van der Waals surface area (Å²) in [5.74, 6) is -0.395. The van der Waals surface area contributed by atoms with E-state index < -0.39 is 5.92 Å². The van der Waals surface area contributed by atoms with Crippen LogP contribution >= 0.6 is 22.9 Å². The van der Waals surface area contributed by atoms with E-state index >= 15 is 0 Å². The first-order chi connectivity index (χ1) is 13.5. The second kappa shape index (κ2) is 7.41. The predicted molar refractivity (Wildman–Crippen MR) is 110 cm³/mol. The normalized spacial score (nSPS) is 17.5. The van der Waals surface area contributed by atoms with Crippen molar-refractivity contribution in [3.05, 3.63) is 52.3 Å². The molecule has 2 heterocycles. The molecule has 144 valence electrons. The molecule has 1 aliphatic heterocycles. The van der Waals surface area contributed by atoms with Crippen LogP contribution in [0.4, 0.5) is 5.69 Å². The molecule has 1 unspecified atom stereocenters. The highest BCUT2D eigenvalue weighted by Gasteiger charge is 2.36. The van der Waals surface area contributed by atoms with Gasteiger partial charge in [0.25, 0.3) is 5.91 Å². The first-order valence-electron chi connectivity index (χ1n) is 8.75. The summed E-state index contributed by atoms with van der Waals surface area (Å²) in [6.45, 7) is 0.256. The SMILES string of the molecule is COc1ccc(Cl)cc1N1CC(C(=O)N=c2sc3ccccc3n2C)CC1=O. The monoisotopic (exact) mass is 415 g/mol. The number of fused-ring (bicyclic) bond motifs is 1. The number of aromatic nitrogens is 1. The van der Waals surface area contributed by atoms with Gasteiger partial charge in [-0.25, -0.2) is 0 Å². The van der Waals surface area contributed by atoms with Crippen LogP contribution in [0.15, 0.2) is 47.5 Å². The maximum absolute atomic E-state index is 12.8. The molecule has 2 aromatic carbocycles. The number of aryl methyl sites for hydroxylation is 1. The number of carbonyl (C=O) groups excluding carboxylic acids is 2. The van der Waals surface area contributed by atoms with Crippen molar-refractivity contribution >= 4 is 50.7 Å². The van der Waals surface area contributed by atoms with Crippen LogP contribution in [-0.4, -0.2) is 30.0 Å². The number of thiazole rings is 1. The minimum Gasteiger partial charge on any atom is -0.495 e. The summed E-state index contributed by atoms with van der Waals surface area (Å²) in [5, 5.41) is 0.500. The van der Waals surface area contributed by atoms with E-state index in [1.165, 1.54) is 18.4 Å². The van der Waals surface area contributed by atoms with Gasteiger partial charge in [-0.05, 0) is 30.3 Å². The first kappa shape index (κ1) is 18.7. The fourth-order valence-electron chi connectivity index (χ4n) is 3.35. The number of ether oxygens (including phenoxy) is 1. The molecule has 0 aliphatic carbocycles. The number of carbonyl (C=O) groups is 2. The van der Waals surface area contributed by atoms with Gasteiger partial charge in [0.05, 0.1) is 28.9 Å². The molecule has 6 nitrogen and oxygen atoms in total. The second-order valence-electron chi connectivity index (χ2n) is 6.58. The average molecular weight is 416 g/mol. The quantitative estimate of drug-likeness (QED) is 0.658. The highest BCUT2D eigenvalue weighted by molar-refractivity contribution is 7.16. The molecule has 8 heteroatoms. The third-order valence-corrected chi connectivity index (χ3v) is 6.17. The first-order valence-corrected chi connectivity index (χ1v) is 9.94. The predicted octanol–water partition coefficient (Wildman–Crippen LogP) is 3.38. The zero-order valence-corrected chi connectivity index (χ0v) is 17.0. The summed E-state index contributed by atoms with van der Waals surface area (Å²) >= 11 is 7.54. The van der Waals surface area contributed by atoms with E-state index in [0.717, 1.165) is 10.2 Å². The Labute approximate surface area is 170 Å². The van der Waals surface area contributed by atoms with Crippen molar-refractivity contribution < 1.29 is 14.3 Å². The van der Waals surface area contributed by atoms with E-state index in [0.29, 0.717) is 21.3 Å². The Hall–Kier alpha value is -2.64. The summed E-state index contributed by atoms with van der Waals surface area (Å²) in [7, 11) is 3.42. The smallest absolute Gasteiger partial charge is 0.253 e. The molecule has 0 spiro atoms. The molecule has 0 saturated carbocycles. The Balaban J connectivity index is 1.63. The van der Waals surface area contributed by atoms with E-state index in [9.17, 15) is 9.59 Å². The fourth-order valence-corrected chi connectivity index (χ4v) is 4.54. The Kier molecular flexibility index (Phi) is 4.95. The minimum atomic E-state index is -0.499. The summed E-state index contributed by atoms with van der Waals surface area (Å²) in [5.41, 5.74) is 1.59. The molecule has 0 N–H and O–H groups in total. The molecular formula is C20H18ClN3O3S. The average Bonchev–Trinajstić information content (AvgIpc) is 3.22. The lowest BCUT2D eigenvalue weighted by Crippen LogP contribution is -2.26. The van der Waals surface area contributed by atoms with Gasteiger partial charge < -0.3 is 14.2 Å². The summed E-state index contributed by atoms with van der Waals surface area (Å²) in [6, 6.07) is 13.0. The van der Waals surface area contributed by atoms with Crippen molar-refractivity contribution in [1.82, 2.24) is 4.57 Å². The van der Waals surface area contributed by atoms with Gasteiger partial charge in [-0.1, -0.05) is 35.1 Å². The number of nitrogens with zero attached hydrogens (tertiary/aromatic N) is 3. The zero-order valence-electron chi connectivity index (χ0n) is 15.4. The third-order valence-electron chi connectivity index (χ3n) is 4.83. The van der Waals surface area contributed by atoms with Crippen LogP contribution < -0.4 is 14.4 Å². The van der Waals surface area contributed by atoms with Crippen LogP contribution in [0.25, 0.3) is 10.2 Å². The molecule has 2 amide bonds. The molecule has 1 aliphatic rings. The molecular weight excluding hydrogens is 398 g/mol. The second-order valence-corrected chi connectivity index (χ2v) is 8.03. The van der Waals surface area contributed by atoms with Crippen LogP contribution in [0.1, 0.15) is 6.42 Å². The van der Waals surface area contributed by atoms with Crippen LogP contribution in [0.3, 0.4) is 0 Å². The molecule has 0 bridgehead atoms. The van der Waals surface area contributed by atoms with Crippen LogP contribution in [-0.2, 0) is 16.6 Å². The molecule has 1 fully saturated rings. The number of benzene rings is 2. The molecule has 1 atom stereocenters. The van der Waals surface area contributed by atoms with Crippen molar-refractivity contribution in [3.63, 3.8) is 0 Å². The maximum Gasteiger partial charge on any atom is 0.253 e. The van der Waals surface area contributed by atoms with Crippen molar-refractivity contribution in [2.24, 2.45) is 18.0 Å². The van der Waals surface area contributed by atoms with Gasteiger partial charge in [-0.15, -0.1) is 0 Å². The van der Waals surface area contributed by atoms with Crippen molar-refractivity contribution in [1.29, 1.82) is 0 Å². The van der Waals surface area contributed by atoms with E-state index in [1.807, 2.05) is 35.9 Å². The maximum atomic E-state index is 12.8. The van der Waals surface area contributed by atoms with Gasteiger partial charge in [-0.3, -0.25) is 9.59 Å². The van der Waals surface area contributed by atoms with E-state index in [-0.39, 0.29) is 24.8 Å². The number of amides is 2. The van der Waals surface area contributed by atoms with E-state index in [1.54, 1.807) is 23.1 Å². The summed E-state index contributed by atoms with van der Waals surface area (Å²) in [4.78, 5) is 31.8. The number of halogens is 1. The van der Waals surface area contributed by atoms with Gasteiger partial charge in [0.15, 0.2) is 4.80 Å². The van der Waals surface area contributed by atoms with E-state index in [2.05, 4.69) is 4.99 Å². The largest absolute Gasteiger partial charge is 0.495 e. The lowest BCUT2D eigenvalue weighted by molar-refractivity contribution is -0.123. The van der Waals surface area contributed by atoms with E-state index in [4.69, 9.17) is 16.3 Å². The number of methoxy groups -OCH3 is 1. The number of hydrogen-bond donors (Lipinski definition) is 0. The Bertz CT molecular complexity index is 1150. The molecule has 3 aromatic rings. The topological polar surface area (TPSA) is 63.9 Å². The Morgan fingerprint density at radius 2 is 2.07 bits per heavy atom. The van der Waals surface area contributed by atoms with Crippen LogP contribution in [0.2, 0.25) is 5.02 Å². The lowest BCUT2D eigenvalue weighted by atomic mass is 10.1. The lowest BCUT2D eigenvalue weighted by Gasteiger charge is -2.19. The van der Waals surface area contributed by atoms with Gasteiger partial charge in [0.2, 0.25) is 5.91 Å². The molecule has 4 rings (SSSR count). The zero-order chi connectivity index (χ0) is 19.8. The molecule has 0 radical (unpaired) electrons. The molecule has 1 saturated heterocycles. The number of anilines is 1. The van der Waals surface area contributed by atoms with Crippen molar-refractivity contribution in [2.45, 2.75) is 6.42 Å². The fraction of sp³-hybridized carbons (Fsp3) is 0.250. The minimum absolute atomic E-state index is 0.118. The van der Waals surface area contributed by atoms with Gasteiger partial charge >= 0.3 is 0 Å². The highest BCUT2D eigenvalue weighted by Crippen LogP contribution is 2.35. The Morgan fingerprint density at radius 3 is 2.82 bits per heavy atom. The Morgan fingerprint density at radius 1 is 1.29 bits per heavy atom. The summed E-state index contributed by atoms with van der Waals surface area (Å²) in [6.07, 6.45) is 0.118. The van der Waals surface area contributed by atoms with Crippen LogP contribution in [0, 0.1) is 5.92 Å². The number of rotatable bonds is 3. The summed E-state index contributed by atoms with van der Waals surface area (Å²) < 4.78 is 8.29. The van der Waals surface area contributed by atoms with Gasteiger partial charge in [0, 0.05) is 25.0 Å². The molecule has 28 heavy (non-hydrogen) atoms. The standard InChI is InChI=1S/C20H18ClN3O3S/c1-23-14-5-3-4-6-17(14)28-20(23)22-19(26)12-9-18(25)24(11-12)15-10-13(21)7-8-16(15)27-2/h3-8,10,12H,9,11H2,1-2H3.